The van der Waals surface area contributed by atoms with Crippen molar-refractivity contribution < 1.29 is 27.9 Å². The maximum atomic E-state index is 15.0. The summed E-state index contributed by atoms with van der Waals surface area (Å²) >= 11 is 0. The standard InChI is InChI=1S/C35H31F2N5O4/c1-21(2)41(23-13-15-24(46-3)16-14-23)33(43)20-40-31-18-27(36)28(37)19-32(31)42(22-9-5-4-6-10-22)35(45)26(34(40)44)17-30-25-11-7-8-12-29(25)38-39-30/h4-16,18-19,21,26H,17,20H2,1-3H3,(H,38,39). The van der Waals surface area contributed by atoms with Crippen LogP contribution in [0.4, 0.5) is 31.5 Å². The van der Waals surface area contributed by atoms with E-state index in [1.54, 1.807) is 54.6 Å². The van der Waals surface area contributed by atoms with Gasteiger partial charge in [0, 0.05) is 41.4 Å². The number of halogens is 2. The number of rotatable bonds is 8. The fourth-order valence-electron chi connectivity index (χ4n) is 5.84. The van der Waals surface area contributed by atoms with E-state index in [0.717, 1.165) is 27.9 Å². The van der Waals surface area contributed by atoms with Gasteiger partial charge >= 0.3 is 0 Å². The van der Waals surface area contributed by atoms with Gasteiger partial charge in [-0.1, -0.05) is 36.4 Å². The molecule has 1 unspecified atom stereocenters. The first-order chi connectivity index (χ1) is 22.2. The van der Waals surface area contributed by atoms with Crippen molar-refractivity contribution in [3.8, 4) is 5.75 Å². The first-order valence-corrected chi connectivity index (χ1v) is 14.8. The Bertz CT molecular complexity index is 1930. The molecule has 3 amide bonds. The van der Waals surface area contributed by atoms with Gasteiger partial charge in [-0.05, 0) is 56.3 Å². The van der Waals surface area contributed by atoms with Crippen LogP contribution in [0.2, 0.25) is 0 Å². The van der Waals surface area contributed by atoms with Crippen LogP contribution in [0.15, 0.2) is 91.0 Å². The molecule has 0 bridgehead atoms. The quantitative estimate of drug-likeness (QED) is 0.209. The zero-order chi connectivity index (χ0) is 32.5. The number of aromatic nitrogens is 2. The largest absolute Gasteiger partial charge is 0.497 e. The van der Waals surface area contributed by atoms with Crippen molar-refractivity contribution in [2.75, 3.05) is 28.4 Å². The summed E-state index contributed by atoms with van der Waals surface area (Å²) in [7, 11) is 1.53. The Labute approximate surface area is 264 Å². The lowest BCUT2D eigenvalue weighted by molar-refractivity contribution is -0.132. The third-order valence-corrected chi connectivity index (χ3v) is 8.02. The molecule has 6 rings (SSSR count). The Morgan fingerprint density at radius 3 is 2.24 bits per heavy atom. The number of carbonyl (C=O) groups is 3. The van der Waals surface area contributed by atoms with Crippen molar-refractivity contribution in [3.05, 3.63) is 108 Å². The maximum absolute atomic E-state index is 15.0. The molecular formula is C35H31F2N5O4. The van der Waals surface area contributed by atoms with E-state index < -0.39 is 41.8 Å². The summed E-state index contributed by atoms with van der Waals surface area (Å²) in [5.41, 5.74) is 1.91. The number of H-pyrrole nitrogens is 1. The lowest BCUT2D eigenvalue weighted by Gasteiger charge is -2.31. The number of benzene rings is 4. The smallest absolute Gasteiger partial charge is 0.247 e. The van der Waals surface area contributed by atoms with Gasteiger partial charge in [-0.15, -0.1) is 0 Å². The second-order valence-corrected chi connectivity index (χ2v) is 11.2. The van der Waals surface area contributed by atoms with Crippen LogP contribution in [0.1, 0.15) is 19.5 Å². The maximum Gasteiger partial charge on any atom is 0.247 e. The van der Waals surface area contributed by atoms with Gasteiger partial charge in [0.05, 0.1) is 29.7 Å². The lowest BCUT2D eigenvalue weighted by atomic mass is 9.98. The number of hydrogen-bond donors (Lipinski definition) is 1. The molecule has 1 N–H and O–H groups in total. The van der Waals surface area contributed by atoms with Gasteiger partial charge in [-0.3, -0.25) is 24.4 Å². The summed E-state index contributed by atoms with van der Waals surface area (Å²) in [6, 6.07) is 24.0. The van der Waals surface area contributed by atoms with E-state index in [4.69, 9.17) is 4.74 Å². The fraction of sp³-hybridized carbons (Fsp3) is 0.200. The Balaban J connectivity index is 1.49. The van der Waals surface area contributed by atoms with Crippen LogP contribution in [0.5, 0.6) is 5.75 Å². The van der Waals surface area contributed by atoms with Gasteiger partial charge in [-0.2, -0.15) is 5.10 Å². The van der Waals surface area contributed by atoms with E-state index >= 15 is 0 Å². The average molecular weight is 624 g/mol. The minimum atomic E-state index is -1.38. The number of amides is 3. The predicted octanol–water partition coefficient (Wildman–Crippen LogP) is 6.16. The Morgan fingerprint density at radius 1 is 0.913 bits per heavy atom. The third kappa shape index (κ3) is 5.55. The second-order valence-electron chi connectivity index (χ2n) is 11.2. The number of nitrogens with zero attached hydrogens (tertiary/aromatic N) is 4. The van der Waals surface area contributed by atoms with E-state index in [0.29, 0.717) is 22.8 Å². The van der Waals surface area contributed by atoms with E-state index in [9.17, 15) is 23.2 Å². The topological polar surface area (TPSA) is 98.8 Å². The van der Waals surface area contributed by atoms with Crippen LogP contribution < -0.4 is 19.4 Å². The zero-order valence-electron chi connectivity index (χ0n) is 25.4. The minimum Gasteiger partial charge on any atom is -0.497 e. The molecule has 1 aliphatic heterocycles. The van der Waals surface area contributed by atoms with Crippen molar-refractivity contribution >= 4 is 51.4 Å². The first kappa shape index (κ1) is 30.4. The number of nitrogens with one attached hydrogen (secondary N) is 1. The van der Waals surface area contributed by atoms with Crippen LogP contribution in [0, 0.1) is 17.6 Å². The van der Waals surface area contributed by atoms with Crippen LogP contribution in [0.25, 0.3) is 10.9 Å². The van der Waals surface area contributed by atoms with Gasteiger partial charge < -0.3 is 14.5 Å². The Morgan fingerprint density at radius 2 is 1.57 bits per heavy atom. The van der Waals surface area contributed by atoms with Gasteiger partial charge in [-0.25, -0.2) is 8.78 Å². The fourth-order valence-corrected chi connectivity index (χ4v) is 5.84. The summed E-state index contributed by atoms with van der Waals surface area (Å²) < 4.78 is 35.1. The van der Waals surface area contributed by atoms with Crippen LogP contribution in [-0.4, -0.2) is 47.6 Å². The average Bonchev–Trinajstić information content (AvgIpc) is 3.44. The first-order valence-electron chi connectivity index (χ1n) is 14.8. The molecule has 46 heavy (non-hydrogen) atoms. The van der Waals surface area contributed by atoms with E-state index in [-0.39, 0.29) is 23.8 Å². The van der Waals surface area contributed by atoms with Crippen LogP contribution >= 0.6 is 0 Å². The highest BCUT2D eigenvalue weighted by Crippen LogP contribution is 2.41. The van der Waals surface area contributed by atoms with Gasteiger partial charge in [0.2, 0.25) is 17.7 Å². The number of hydrogen-bond acceptors (Lipinski definition) is 5. The number of ether oxygens (including phenoxy) is 1. The van der Waals surface area contributed by atoms with Gasteiger partial charge in [0.25, 0.3) is 0 Å². The number of para-hydroxylation sites is 2. The summed E-state index contributed by atoms with van der Waals surface area (Å²) in [6.07, 6.45) is -0.124. The van der Waals surface area contributed by atoms with Crippen molar-refractivity contribution in [1.29, 1.82) is 0 Å². The molecule has 11 heteroatoms. The molecule has 0 fully saturated rings. The molecule has 0 spiro atoms. The normalized spacial score (nSPS) is 14.9. The van der Waals surface area contributed by atoms with Gasteiger partial charge in [0.15, 0.2) is 11.6 Å². The van der Waals surface area contributed by atoms with Crippen molar-refractivity contribution in [1.82, 2.24) is 10.2 Å². The molecule has 0 radical (unpaired) electrons. The molecule has 0 saturated heterocycles. The summed E-state index contributed by atoms with van der Waals surface area (Å²) in [5, 5.41) is 8.03. The Kier molecular flexibility index (Phi) is 8.23. The summed E-state index contributed by atoms with van der Waals surface area (Å²) in [6.45, 7) is 3.10. The minimum absolute atomic E-state index is 0.0637. The number of carbonyl (C=O) groups excluding carboxylic acids is 3. The molecule has 1 aliphatic rings. The molecule has 1 atom stereocenters. The molecule has 4 aromatic carbocycles. The molecule has 0 aliphatic carbocycles. The van der Waals surface area contributed by atoms with Crippen LogP contribution in [0.3, 0.4) is 0 Å². The molecule has 2 heterocycles. The summed E-state index contributed by atoms with van der Waals surface area (Å²) in [5.74, 6) is -5.11. The summed E-state index contributed by atoms with van der Waals surface area (Å²) in [4.78, 5) is 46.9. The molecule has 0 saturated carbocycles. The Hall–Kier alpha value is -5.58. The highest BCUT2D eigenvalue weighted by Gasteiger charge is 2.43. The second kappa shape index (κ2) is 12.4. The number of methoxy groups -OCH3 is 1. The van der Waals surface area contributed by atoms with Crippen molar-refractivity contribution in [2.24, 2.45) is 5.92 Å². The van der Waals surface area contributed by atoms with Crippen molar-refractivity contribution in [2.45, 2.75) is 26.3 Å². The lowest BCUT2D eigenvalue weighted by Crippen LogP contribution is -2.48. The molecular weight excluding hydrogens is 592 g/mol. The molecule has 5 aromatic rings. The monoisotopic (exact) mass is 623 g/mol. The van der Waals surface area contributed by atoms with Gasteiger partial charge in [0.1, 0.15) is 18.2 Å². The highest BCUT2D eigenvalue weighted by atomic mass is 19.2. The molecule has 234 valence electrons. The van der Waals surface area contributed by atoms with Crippen molar-refractivity contribution in [3.63, 3.8) is 0 Å². The van der Waals surface area contributed by atoms with E-state index in [2.05, 4.69) is 10.2 Å². The SMILES string of the molecule is COc1ccc(N(C(=O)CN2C(=O)C(Cc3n[nH]c4ccccc34)C(=O)N(c3ccccc3)c3cc(F)c(F)cc32)C(C)C)cc1. The number of anilines is 4. The molecule has 9 nitrogen and oxygen atoms in total. The predicted molar refractivity (Wildman–Crippen MR) is 171 cm³/mol. The number of aromatic amines is 1. The number of fused-ring (bicyclic) bond motifs is 2. The van der Waals surface area contributed by atoms with E-state index in [1.807, 2.05) is 38.1 Å². The highest BCUT2D eigenvalue weighted by molar-refractivity contribution is 6.21. The molecule has 1 aromatic heterocycles. The van der Waals surface area contributed by atoms with Crippen LogP contribution in [-0.2, 0) is 20.8 Å². The third-order valence-electron chi connectivity index (χ3n) is 8.02. The zero-order valence-corrected chi connectivity index (χ0v) is 25.4. The van der Waals surface area contributed by atoms with E-state index in [1.165, 1.54) is 16.9 Å².